The van der Waals surface area contributed by atoms with E-state index in [-0.39, 0.29) is 5.78 Å². The largest absolute Gasteiger partial charge is 0.295 e. The lowest BCUT2D eigenvalue weighted by atomic mass is 9.96. The van der Waals surface area contributed by atoms with Gasteiger partial charge in [0.2, 0.25) is 0 Å². The zero-order valence-corrected chi connectivity index (χ0v) is 10.7. The Morgan fingerprint density at radius 3 is 2.44 bits per heavy atom. The zero-order valence-electron chi connectivity index (χ0n) is 10.7. The predicted molar refractivity (Wildman–Crippen MR) is 69.1 cm³/mol. The molecule has 0 amide bonds. The summed E-state index contributed by atoms with van der Waals surface area (Å²) in [6, 6.07) is 6.14. The molecule has 0 aliphatic heterocycles. The van der Waals surface area contributed by atoms with Gasteiger partial charge in [-0.3, -0.25) is 4.79 Å². The number of rotatable bonds is 6. The summed E-state index contributed by atoms with van der Waals surface area (Å²) in [6.07, 6.45) is 5.91. The summed E-state index contributed by atoms with van der Waals surface area (Å²) in [7, 11) is 0. The minimum Gasteiger partial charge on any atom is -0.295 e. The lowest BCUT2D eigenvalue weighted by molar-refractivity contribution is 0.101. The summed E-state index contributed by atoms with van der Waals surface area (Å²) in [5.74, 6) is 0.166. The highest BCUT2D eigenvalue weighted by molar-refractivity contribution is 5.94. The van der Waals surface area contributed by atoms with Gasteiger partial charge in [0.25, 0.3) is 0 Å². The smallest absolute Gasteiger partial charge is 0.159 e. The van der Waals surface area contributed by atoms with Gasteiger partial charge in [-0.15, -0.1) is 0 Å². The third-order valence-corrected chi connectivity index (χ3v) is 3.04. The highest BCUT2D eigenvalue weighted by Gasteiger charge is 2.05. The van der Waals surface area contributed by atoms with Crippen molar-refractivity contribution in [3.05, 3.63) is 34.9 Å². The van der Waals surface area contributed by atoms with Crippen LogP contribution in [-0.2, 0) is 12.8 Å². The van der Waals surface area contributed by atoms with Crippen LogP contribution in [0.3, 0.4) is 0 Å². The number of unbranched alkanes of at least 4 members (excludes halogenated alkanes) is 2. The fraction of sp³-hybridized carbons (Fsp3) is 0.533. The van der Waals surface area contributed by atoms with Crippen LogP contribution in [-0.4, -0.2) is 5.78 Å². The van der Waals surface area contributed by atoms with Crippen LogP contribution < -0.4 is 0 Å². The van der Waals surface area contributed by atoms with Crippen molar-refractivity contribution < 1.29 is 4.79 Å². The number of aryl methyl sites for hydroxylation is 2. The molecule has 16 heavy (non-hydrogen) atoms. The van der Waals surface area contributed by atoms with Gasteiger partial charge < -0.3 is 0 Å². The van der Waals surface area contributed by atoms with E-state index in [0.29, 0.717) is 0 Å². The lowest BCUT2D eigenvalue weighted by Gasteiger charge is -2.09. The molecule has 0 radical (unpaired) electrons. The molecule has 1 rings (SSSR count). The Morgan fingerprint density at radius 2 is 1.88 bits per heavy atom. The van der Waals surface area contributed by atoms with Crippen LogP contribution in [0.4, 0.5) is 0 Å². The Balaban J connectivity index is 2.84. The maximum absolute atomic E-state index is 11.3. The Labute approximate surface area is 98.9 Å². The van der Waals surface area contributed by atoms with E-state index in [4.69, 9.17) is 0 Å². The first-order valence-electron chi connectivity index (χ1n) is 6.31. The van der Waals surface area contributed by atoms with Gasteiger partial charge in [-0.1, -0.05) is 38.8 Å². The molecule has 0 spiro atoms. The molecule has 0 unspecified atom stereocenters. The van der Waals surface area contributed by atoms with Crippen molar-refractivity contribution in [3.63, 3.8) is 0 Å². The highest BCUT2D eigenvalue weighted by atomic mass is 16.1. The van der Waals surface area contributed by atoms with Gasteiger partial charge in [0, 0.05) is 5.56 Å². The molecule has 0 aliphatic rings. The number of carbonyl (C=O) groups is 1. The first kappa shape index (κ1) is 13.0. The Kier molecular flexibility index (Phi) is 5.24. The monoisotopic (exact) mass is 218 g/mol. The van der Waals surface area contributed by atoms with Crippen molar-refractivity contribution in [3.8, 4) is 0 Å². The molecule has 0 saturated carbocycles. The van der Waals surface area contributed by atoms with Crippen LogP contribution in [0.2, 0.25) is 0 Å². The predicted octanol–water partition coefficient (Wildman–Crippen LogP) is 4.18. The average molecular weight is 218 g/mol. The van der Waals surface area contributed by atoms with E-state index in [1.807, 2.05) is 6.07 Å². The van der Waals surface area contributed by atoms with E-state index in [0.717, 1.165) is 18.4 Å². The molecular formula is C15H22O. The molecule has 0 atom stereocenters. The number of Topliss-reactive ketones (excluding diaryl/α,β-unsaturated/α-hetero) is 1. The zero-order chi connectivity index (χ0) is 12.0. The van der Waals surface area contributed by atoms with Gasteiger partial charge in [0.15, 0.2) is 5.78 Å². The Bertz CT molecular complexity index is 352. The van der Waals surface area contributed by atoms with Gasteiger partial charge in [0.05, 0.1) is 0 Å². The third kappa shape index (κ3) is 3.48. The summed E-state index contributed by atoms with van der Waals surface area (Å²) >= 11 is 0. The number of hydrogen-bond donors (Lipinski definition) is 0. The second-order valence-corrected chi connectivity index (χ2v) is 4.35. The average Bonchev–Trinajstić information content (AvgIpc) is 2.29. The highest BCUT2D eigenvalue weighted by Crippen LogP contribution is 2.16. The minimum atomic E-state index is 0.166. The summed E-state index contributed by atoms with van der Waals surface area (Å²) in [5.41, 5.74) is 3.61. The fourth-order valence-corrected chi connectivity index (χ4v) is 1.99. The Hall–Kier alpha value is -1.11. The summed E-state index contributed by atoms with van der Waals surface area (Å²) < 4.78 is 0. The maximum Gasteiger partial charge on any atom is 0.159 e. The van der Waals surface area contributed by atoms with Gasteiger partial charge in [0.1, 0.15) is 0 Å². The van der Waals surface area contributed by atoms with Crippen molar-refractivity contribution in [2.45, 2.75) is 52.9 Å². The summed E-state index contributed by atoms with van der Waals surface area (Å²) in [4.78, 5) is 11.3. The van der Waals surface area contributed by atoms with E-state index in [9.17, 15) is 4.79 Å². The lowest BCUT2D eigenvalue weighted by Crippen LogP contribution is -1.99. The molecule has 0 aliphatic carbocycles. The van der Waals surface area contributed by atoms with Gasteiger partial charge in [-0.05, 0) is 43.4 Å². The Morgan fingerprint density at radius 1 is 1.12 bits per heavy atom. The van der Waals surface area contributed by atoms with Crippen LogP contribution in [0.15, 0.2) is 18.2 Å². The van der Waals surface area contributed by atoms with E-state index in [1.54, 1.807) is 6.92 Å². The second-order valence-electron chi connectivity index (χ2n) is 4.35. The van der Waals surface area contributed by atoms with Crippen LogP contribution >= 0.6 is 0 Å². The molecule has 88 valence electrons. The number of ketones is 1. The number of benzene rings is 1. The SMILES string of the molecule is CCCCCc1cc(C(C)=O)ccc1CC. The molecule has 0 bridgehead atoms. The van der Waals surface area contributed by atoms with Crippen LogP contribution in [0, 0.1) is 0 Å². The van der Waals surface area contributed by atoms with Crippen molar-refractivity contribution in [2.75, 3.05) is 0 Å². The number of hydrogen-bond acceptors (Lipinski definition) is 1. The van der Waals surface area contributed by atoms with Gasteiger partial charge in [-0.25, -0.2) is 0 Å². The van der Waals surface area contributed by atoms with E-state index in [2.05, 4.69) is 26.0 Å². The third-order valence-electron chi connectivity index (χ3n) is 3.04. The van der Waals surface area contributed by atoms with Crippen LogP contribution in [0.25, 0.3) is 0 Å². The molecule has 1 heteroatoms. The molecule has 0 N–H and O–H groups in total. The van der Waals surface area contributed by atoms with E-state index < -0.39 is 0 Å². The minimum absolute atomic E-state index is 0.166. The van der Waals surface area contributed by atoms with Gasteiger partial charge >= 0.3 is 0 Å². The molecule has 1 aromatic carbocycles. The summed E-state index contributed by atoms with van der Waals surface area (Å²) in [6.45, 7) is 6.02. The number of carbonyl (C=O) groups excluding carboxylic acids is 1. The first-order valence-corrected chi connectivity index (χ1v) is 6.31. The molecule has 1 aromatic rings. The standard InChI is InChI=1S/C15H22O/c1-4-6-7-8-15-11-14(12(3)16)10-9-13(15)5-2/h9-11H,4-8H2,1-3H3. The quantitative estimate of drug-likeness (QED) is 0.517. The molecular weight excluding hydrogens is 196 g/mol. The fourth-order valence-electron chi connectivity index (χ4n) is 1.99. The van der Waals surface area contributed by atoms with Crippen molar-refractivity contribution >= 4 is 5.78 Å². The second kappa shape index (κ2) is 6.47. The van der Waals surface area contributed by atoms with Crippen LogP contribution in [0.1, 0.15) is 61.5 Å². The molecule has 0 saturated heterocycles. The van der Waals surface area contributed by atoms with E-state index in [1.165, 1.54) is 30.4 Å². The van der Waals surface area contributed by atoms with Crippen LogP contribution in [0.5, 0.6) is 0 Å². The summed E-state index contributed by atoms with van der Waals surface area (Å²) in [5, 5.41) is 0. The normalized spacial score (nSPS) is 10.4. The van der Waals surface area contributed by atoms with Gasteiger partial charge in [-0.2, -0.15) is 0 Å². The molecule has 0 fully saturated rings. The molecule has 0 aromatic heterocycles. The molecule has 1 nitrogen and oxygen atoms in total. The topological polar surface area (TPSA) is 17.1 Å². The maximum atomic E-state index is 11.3. The first-order chi connectivity index (χ1) is 7.69. The van der Waals surface area contributed by atoms with E-state index >= 15 is 0 Å². The van der Waals surface area contributed by atoms with Crippen molar-refractivity contribution in [1.82, 2.24) is 0 Å². The molecule has 0 heterocycles. The van der Waals surface area contributed by atoms with Crippen molar-refractivity contribution in [1.29, 1.82) is 0 Å². The van der Waals surface area contributed by atoms with Crippen molar-refractivity contribution in [2.24, 2.45) is 0 Å².